The molecule has 4 fully saturated rings. The third-order valence-corrected chi connectivity index (χ3v) is 6.93. The number of hydrogen-bond acceptors (Lipinski definition) is 5. The smallest absolute Gasteiger partial charge is 0.272 e. The molecule has 0 radical (unpaired) electrons. The average Bonchev–Trinajstić information content (AvgIpc) is 2.64. The summed E-state index contributed by atoms with van der Waals surface area (Å²) in [6.07, 6.45) is 7.28. The molecule has 2 amide bonds. The summed E-state index contributed by atoms with van der Waals surface area (Å²) in [5.74, 6) is 1.59. The number of hydrogen-bond donors (Lipinski definition) is 2. The highest BCUT2D eigenvalue weighted by molar-refractivity contribution is 6.34. The van der Waals surface area contributed by atoms with Gasteiger partial charge in [-0.2, -0.15) is 5.10 Å². The molecule has 5 rings (SSSR count). The SMILES string of the molecule is C/C(CC(=O)NC12CC3CC(CC(C3)C1)C2)=N\NC(=O)c1ccc([N+](=O)[O-])cc1Cl. The molecule has 4 saturated carbocycles. The number of nitro groups is 1. The molecule has 4 aliphatic carbocycles. The van der Waals surface area contributed by atoms with Crippen LogP contribution in [0.4, 0.5) is 5.69 Å². The van der Waals surface area contributed by atoms with E-state index in [2.05, 4.69) is 15.8 Å². The van der Waals surface area contributed by atoms with Crippen molar-refractivity contribution >= 4 is 34.8 Å². The number of nitrogens with zero attached hydrogens (tertiary/aromatic N) is 2. The van der Waals surface area contributed by atoms with E-state index in [0.717, 1.165) is 43.1 Å². The number of carbonyl (C=O) groups excluding carboxylic acids is 2. The van der Waals surface area contributed by atoms with Gasteiger partial charge in [0.15, 0.2) is 0 Å². The standard InChI is InChI=1S/C21H25ClN4O4/c1-12(24-25-20(28)17-3-2-16(26(29)30)8-18(17)22)4-19(27)23-21-9-13-5-14(10-21)7-15(6-13)11-21/h2-3,8,13-15H,4-7,9-11H2,1H3,(H,23,27)(H,25,28)/b24-12+. The minimum atomic E-state index is -0.587. The quantitative estimate of drug-likeness (QED) is 0.404. The molecular formula is C21H25ClN4O4. The molecule has 160 valence electrons. The minimum Gasteiger partial charge on any atom is -0.350 e. The van der Waals surface area contributed by atoms with Gasteiger partial charge in [-0.15, -0.1) is 0 Å². The molecule has 0 aliphatic heterocycles. The molecule has 9 heteroatoms. The molecule has 0 saturated heterocycles. The fourth-order valence-corrected chi connectivity index (χ4v) is 6.14. The lowest BCUT2D eigenvalue weighted by atomic mass is 9.53. The first-order chi connectivity index (χ1) is 14.2. The van der Waals surface area contributed by atoms with Crippen LogP contribution in [0.25, 0.3) is 0 Å². The van der Waals surface area contributed by atoms with Gasteiger partial charge in [0.1, 0.15) is 0 Å². The highest BCUT2D eigenvalue weighted by Crippen LogP contribution is 2.55. The van der Waals surface area contributed by atoms with Crippen LogP contribution in [0.15, 0.2) is 23.3 Å². The van der Waals surface area contributed by atoms with Crippen molar-refractivity contribution in [3.63, 3.8) is 0 Å². The Morgan fingerprint density at radius 2 is 1.80 bits per heavy atom. The Labute approximate surface area is 179 Å². The van der Waals surface area contributed by atoms with E-state index >= 15 is 0 Å². The molecule has 0 heterocycles. The number of non-ortho nitro benzene ring substituents is 1. The van der Waals surface area contributed by atoms with Crippen molar-refractivity contribution in [3.8, 4) is 0 Å². The van der Waals surface area contributed by atoms with Crippen molar-refractivity contribution in [2.24, 2.45) is 22.9 Å². The van der Waals surface area contributed by atoms with Crippen LogP contribution in [-0.4, -0.2) is 28.0 Å². The molecule has 0 spiro atoms. The number of hydrazone groups is 1. The lowest BCUT2D eigenvalue weighted by molar-refractivity contribution is -0.384. The van der Waals surface area contributed by atoms with Crippen LogP contribution in [0.5, 0.6) is 0 Å². The van der Waals surface area contributed by atoms with Crippen molar-refractivity contribution < 1.29 is 14.5 Å². The van der Waals surface area contributed by atoms with E-state index in [9.17, 15) is 19.7 Å². The van der Waals surface area contributed by atoms with Crippen LogP contribution in [0, 0.1) is 27.9 Å². The maximum atomic E-state index is 12.6. The molecule has 1 aromatic rings. The maximum Gasteiger partial charge on any atom is 0.272 e. The molecular weight excluding hydrogens is 408 g/mol. The van der Waals surface area contributed by atoms with Gasteiger partial charge in [-0.3, -0.25) is 19.7 Å². The van der Waals surface area contributed by atoms with E-state index in [1.807, 2.05) is 0 Å². The van der Waals surface area contributed by atoms with E-state index in [1.165, 1.54) is 31.4 Å². The van der Waals surface area contributed by atoms with Gasteiger partial charge in [0.05, 0.1) is 21.9 Å². The zero-order valence-corrected chi connectivity index (χ0v) is 17.6. The van der Waals surface area contributed by atoms with Crippen molar-refractivity contribution in [2.75, 3.05) is 0 Å². The normalized spacial score (nSPS) is 29.5. The predicted octanol–water partition coefficient (Wildman–Crippen LogP) is 3.83. The Kier molecular flexibility index (Phi) is 5.53. The second-order valence-corrected chi connectivity index (χ2v) is 9.54. The molecule has 0 aromatic heterocycles. The van der Waals surface area contributed by atoms with Gasteiger partial charge in [0.25, 0.3) is 11.6 Å². The number of benzene rings is 1. The number of nitrogens with one attached hydrogen (secondary N) is 2. The first-order valence-corrected chi connectivity index (χ1v) is 10.7. The molecule has 0 atom stereocenters. The van der Waals surface area contributed by atoms with E-state index in [0.29, 0.717) is 5.71 Å². The second-order valence-electron chi connectivity index (χ2n) is 9.13. The van der Waals surface area contributed by atoms with Crippen LogP contribution in [-0.2, 0) is 4.79 Å². The van der Waals surface area contributed by atoms with Crippen LogP contribution in [0.1, 0.15) is 62.2 Å². The van der Waals surface area contributed by atoms with Crippen LogP contribution < -0.4 is 10.7 Å². The van der Waals surface area contributed by atoms with Gasteiger partial charge in [0.2, 0.25) is 5.91 Å². The summed E-state index contributed by atoms with van der Waals surface area (Å²) in [6.45, 7) is 1.68. The summed E-state index contributed by atoms with van der Waals surface area (Å²) in [7, 11) is 0. The molecule has 0 unspecified atom stereocenters. The molecule has 30 heavy (non-hydrogen) atoms. The molecule has 4 bridgehead atoms. The summed E-state index contributed by atoms with van der Waals surface area (Å²) < 4.78 is 0. The lowest BCUT2D eigenvalue weighted by Crippen LogP contribution is -2.60. The summed E-state index contributed by atoms with van der Waals surface area (Å²) >= 11 is 5.96. The van der Waals surface area contributed by atoms with Crippen molar-refractivity contribution in [2.45, 2.75) is 57.4 Å². The summed E-state index contributed by atoms with van der Waals surface area (Å²) in [6, 6.07) is 3.60. The number of rotatable bonds is 6. The Hall–Kier alpha value is -2.48. The second kappa shape index (κ2) is 7.98. The van der Waals surface area contributed by atoms with Gasteiger partial charge in [-0.25, -0.2) is 5.43 Å². The Morgan fingerprint density at radius 3 is 2.33 bits per heavy atom. The van der Waals surface area contributed by atoms with Gasteiger partial charge in [-0.05, 0) is 69.3 Å². The zero-order valence-electron chi connectivity index (χ0n) is 16.8. The average molecular weight is 433 g/mol. The molecule has 2 N–H and O–H groups in total. The molecule has 8 nitrogen and oxygen atoms in total. The zero-order chi connectivity index (χ0) is 21.5. The third-order valence-electron chi connectivity index (χ3n) is 6.62. The van der Waals surface area contributed by atoms with E-state index in [1.54, 1.807) is 6.92 Å². The number of amides is 2. The number of carbonyl (C=O) groups is 2. The highest BCUT2D eigenvalue weighted by Gasteiger charge is 2.51. The Morgan fingerprint density at radius 1 is 1.20 bits per heavy atom. The first kappa shape index (κ1) is 20.8. The van der Waals surface area contributed by atoms with E-state index in [-0.39, 0.29) is 34.1 Å². The lowest BCUT2D eigenvalue weighted by Gasteiger charge is -2.56. The highest BCUT2D eigenvalue weighted by atomic mass is 35.5. The third kappa shape index (κ3) is 4.33. The predicted molar refractivity (Wildman–Crippen MR) is 112 cm³/mol. The van der Waals surface area contributed by atoms with Crippen LogP contribution in [0.2, 0.25) is 5.02 Å². The topological polar surface area (TPSA) is 114 Å². The maximum absolute atomic E-state index is 12.6. The summed E-state index contributed by atoms with van der Waals surface area (Å²) in [4.78, 5) is 35.1. The van der Waals surface area contributed by atoms with Gasteiger partial charge in [-0.1, -0.05) is 11.6 Å². The first-order valence-electron chi connectivity index (χ1n) is 10.3. The van der Waals surface area contributed by atoms with Gasteiger partial charge in [0, 0.05) is 23.4 Å². The minimum absolute atomic E-state index is 0.0332. The molecule has 1 aromatic carbocycles. The monoisotopic (exact) mass is 432 g/mol. The number of nitro benzene ring substituents is 1. The van der Waals surface area contributed by atoms with Gasteiger partial charge >= 0.3 is 0 Å². The van der Waals surface area contributed by atoms with Gasteiger partial charge < -0.3 is 5.32 Å². The largest absolute Gasteiger partial charge is 0.350 e. The van der Waals surface area contributed by atoms with Crippen molar-refractivity contribution in [1.29, 1.82) is 0 Å². The van der Waals surface area contributed by atoms with Crippen molar-refractivity contribution in [1.82, 2.24) is 10.7 Å². The van der Waals surface area contributed by atoms with E-state index < -0.39 is 10.8 Å². The van der Waals surface area contributed by atoms with E-state index in [4.69, 9.17) is 11.6 Å². The van der Waals surface area contributed by atoms with Crippen LogP contribution >= 0.6 is 11.6 Å². The van der Waals surface area contributed by atoms with Crippen LogP contribution in [0.3, 0.4) is 0 Å². The Bertz CT molecular complexity index is 894. The fraction of sp³-hybridized carbons (Fsp3) is 0.571. The molecule has 4 aliphatic rings. The van der Waals surface area contributed by atoms with Crippen molar-refractivity contribution in [3.05, 3.63) is 38.9 Å². The number of halogens is 1. The summed E-state index contributed by atoms with van der Waals surface area (Å²) in [5, 5.41) is 18.0. The Balaban J connectivity index is 1.32. The fourth-order valence-electron chi connectivity index (χ4n) is 5.88. The summed E-state index contributed by atoms with van der Waals surface area (Å²) in [5.41, 5.74) is 2.67.